The molecule has 1 fully saturated rings. The molecule has 2 aliphatic rings. The van der Waals surface area contributed by atoms with E-state index >= 15 is 0 Å². The lowest BCUT2D eigenvalue weighted by Gasteiger charge is -2.30. The van der Waals surface area contributed by atoms with Gasteiger partial charge in [0, 0.05) is 18.7 Å². The lowest BCUT2D eigenvalue weighted by atomic mass is 10.1. The van der Waals surface area contributed by atoms with Gasteiger partial charge < -0.3 is 10.2 Å². The number of benzene rings is 2. The Balaban J connectivity index is 1.66. The van der Waals surface area contributed by atoms with Crippen LogP contribution in [0.2, 0.25) is 5.02 Å². The molecule has 158 valence electrons. The van der Waals surface area contributed by atoms with Crippen LogP contribution in [0.1, 0.15) is 54.9 Å². The van der Waals surface area contributed by atoms with Gasteiger partial charge in [-0.05, 0) is 49.1 Å². The maximum Gasteiger partial charge on any atom is 0.286 e. The molecule has 0 spiro atoms. The molecule has 2 aliphatic heterocycles. The largest absolute Gasteiger partial charge is 0.328 e. The van der Waals surface area contributed by atoms with E-state index in [4.69, 9.17) is 11.6 Å². The Labute approximate surface area is 182 Å². The number of fused-ring (bicyclic) bond motifs is 3. The molecule has 1 N–H and O–H groups in total. The van der Waals surface area contributed by atoms with Crippen molar-refractivity contribution < 1.29 is 13.2 Å². The summed E-state index contributed by atoms with van der Waals surface area (Å²) in [7, 11) is -3.88. The lowest BCUT2D eigenvalue weighted by molar-refractivity contribution is 0.102. The summed E-state index contributed by atoms with van der Waals surface area (Å²) >= 11 is 6.43. The second-order valence-electron chi connectivity index (χ2n) is 7.65. The summed E-state index contributed by atoms with van der Waals surface area (Å²) in [6.45, 7) is 2.80. The van der Waals surface area contributed by atoms with Crippen LogP contribution in [0.5, 0.6) is 0 Å². The van der Waals surface area contributed by atoms with Gasteiger partial charge in [-0.2, -0.15) is 8.42 Å². The summed E-state index contributed by atoms with van der Waals surface area (Å²) in [6, 6.07) is 10.5. The van der Waals surface area contributed by atoms with Gasteiger partial charge in [0.1, 0.15) is 10.7 Å². The van der Waals surface area contributed by atoms with Crippen molar-refractivity contribution in [2.75, 3.05) is 16.8 Å². The van der Waals surface area contributed by atoms with Gasteiger partial charge in [-0.1, -0.05) is 43.5 Å². The molecule has 0 atom stereocenters. The molecule has 2 aromatic carbocycles. The summed E-state index contributed by atoms with van der Waals surface area (Å²) in [5.74, 6) is 0.104. The fraction of sp³-hybridized carbons (Fsp3) is 0.364. The van der Waals surface area contributed by atoms with Crippen LogP contribution in [0.3, 0.4) is 0 Å². The van der Waals surface area contributed by atoms with Crippen LogP contribution in [-0.2, 0) is 16.4 Å². The van der Waals surface area contributed by atoms with Crippen molar-refractivity contribution in [1.29, 1.82) is 0 Å². The van der Waals surface area contributed by atoms with Crippen molar-refractivity contribution in [3.63, 3.8) is 0 Å². The first kappa shape index (κ1) is 20.9. The molecule has 6 nitrogen and oxygen atoms in total. The quantitative estimate of drug-likeness (QED) is 0.716. The number of amides is 1. The van der Waals surface area contributed by atoms with Gasteiger partial charge in [-0.25, -0.2) is 0 Å². The van der Waals surface area contributed by atoms with E-state index in [9.17, 15) is 13.2 Å². The summed E-state index contributed by atoms with van der Waals surface area (Å²) < 4.78 is 29.6. The molecule has 8 heteroatoms. The van der Waals surface area contributed by atoms with Gasteiger partial charge in [0.25, 0.3) is 15.9 Å². The Morgan fingerprint density at radius 2 is 1.93 bits per heavy atom. The molecule has 0 aromatic heterocycles. The van der Waals surface area contributed by atoms with Crippen molar-refractivity contribution in [2.24, 2.45) is 4.40 Å². The van der Waals surface area contributed by atoms with Crippen LogP contribution in [-0.4, -0.2) is 26.7 Å². The maximum absolute atomic E-state index is 12.8. The standard InChI is InChI=1S/C22H24ClN3O3S/c1-2-6-15-8-10-16(11-9-15)24-22(27)17-13-20-19(14-18(17)23)26-12-5-3-4-7-21(26)25-30(20,28)29/h8-11,13-14H,2-7,12H2,1H3,(H,24,27). The third kappa shape index (κ3) is 4.09. The third-order valence-electron chi connectivity index (χ3n) is 5.43. The van der Waals surface area contributed by atoms with Gasteiger partial charge in [-0.3, -0.25) is 4.79 Å². The number of hydrogen-bond donors (Lipinski definition) is 1. The predicted octanol–water partition coefficient (Wildman–Crippen LogP) is 5.03. The fourth-order valence-electron chi connectivity index (χ4n) is 3.91. The highest BCUT2D eigenvalue weighted by Crippen LogP contribution is 2.38. The first-order valence-electron chi connectivity index (χ1n) is 10.2. The molecule has 0 bridgehead atoms. The second-order valence-corrected chi connectivity index (χ2v) is 9.63. The summed E-state index contributed by atoms with van der Waals surface area (Å²) in [6.07, 6.45) is 5.52. The minimum atomic E-state index is -3.88. The highest BCUT2D eigenvalue weighted by atomic mass is 35.5. The SMILES string of the molecule is CCCc1ccc(NC(=O)c2cc3c(cc2Cl)N2CCCCCC2=NS3(=O)=O)cc1. The van der Waals surface area contributed by atoms with Crippen molar-refractivity contribution in [3.8, 4) is 0 Å². The van der Waals surface area contributed by atoms with Crippen molar-refractivity contribution >= 4 is 44.7 Å². The van der Waals surface area contributed by atoms with Crippen molar-refractivity contribution in [2.45, 2.75) is 50.3 Å². The maximum atomic E-state index is 12.8. The molecule has 4 rings (SSSR count). The number of carbonyl (C=O) groups is 1. The van der Waals surface area contributed by atoms with E-state index in [2.05, 4.69) is 16.6 Å². The van der Waals surface area contributed by atoms with Crippen LogP contribution >= 0.6 is 11.6 Å². The molecule has 2 heterocycles. The zero-order valence-corrected chi connectivity index (χ0v) is 18.4. The normalized spacial score (nSPS) is 17.4. The van der Waals surface area contributed by atoms with Crippen LogP contribution < -0.4 is 10.2 Å². The first-order valence-corrected chi connectivity index (χ1v) is 12.1. The van der Waals surface area contributed by atoms with Gasteiger partial charge in [0.15, 0.2) is 0 Å². The molecular weight excluding hydrogens is 422 g/mol. The molecule has 0 saturated carbocycles. The topological polar surface area (TPSA) is 78.8 Å². The van der Waals surface area contributed by atoms with Gasteiger partial charge in [0.2, 0.25) is 0 Å². The minimum absolute atomic E-state index is 0.0287. The number of aryl methyl sites for hydroxylation is 1. The van der Waals surface area contributed by atoms with Crippen LogP contribution in [0.15, 0.2) is 45.7 Å². The van der Waals surface area contributed by atoms with Gasteiger partial charge in [0.05, 0.1) is 16.3 Å². The first-order chi connectivity index (χ1) is 14.4. The zero-order chi connectivity index (χ0) is 21.3. The number of nitrogens with zero attached hydrogens (tertiary/aromatic N) is 2. The summed E-state index contributed by atoms with van der Waals surface area (Å²) in [4.78, 5) is 14.8. The number of hydrogen-bond acceptors (Lipinski definition) is 4. The zero-order valence-electron chi connectivity index (χ0n) is 16.8. The third-order valence-corrected chi connectivity index (χ3v) is 7.08. The van der Waals surface area contributed by atoms with Crippen molar-refractivity contribution in [1.82, 2.24) is 0 Å². The van der Waals surface area contributed by atoms with E-state index in [1.807, 2.05) is 29.2 Å². The molecular formula is C22H24ClN3O3S. The van der Waals surface area contributed by atoms with Crippen LogP contribution in [0.25, 0.3) is 0 Å². The number of halogens is 1. The molecule has 1 saturated heterocycles. The highest BCUT2D eigenvalue weighted by molar-refractivity contribution is 7.90. The van der Waals surface area contributed by atoms with Gasteiger partial charge >= 0.3 is 0 Å². The average molecular weight is 446 g/mol. The highest BCUT2D eigenvalue weighted by Gasteiger charge is 2.33. The van der Waals surface area contributed by atoms with E-state index in [1.54, 1.807) is 6.07 Å². The molecule has 0 radical (unpaired) electrons. The molecule has 1 amide bonds. The van der Waals surface area contributed by atoms with Crippen molar-refractivity contribution in [3.05, 3.63) is 52.5 Å². The van der Waals surface area contributed by atoms with Crippen LogP contribution in [0.4, 0.5) is 11.4 Å². The number of sulfonamides is 1. The average Bonchev–Trinajstić information content (AvgIpc) is 2.94. The smallest absolute Gasteiger partial charge is 0.286 e. The Morgan fingerprint density at radius 1 is 1.17 bits per heavy atom. The minimum Gasteiger partial charge on any atom is -0.328 e. The van der Waals surface area contributed by atoms with E-state index in [1.165, 1.54) is 11.6 Å². The predicted molar refractivity (Wildman–Crippen MR) is 120 cm³/mol. The van der Waals surface area contributed by atoms with E-state index in [0.717, 1.165) is 32.1 Å². The summed E-state index contributed by atoms with van der Waals surface area (Å²) in [5.41, 5.74) is 2.45. The second kappa shape index (κ2) is 8.40. The Morgan fingerprint density at radius 3 is 2.67 bits per heavy atom. The van der Waals surface area contributed by atoms with Crippen LogP contribution in [0, 0.1) is 0 Å². The van der Waals surface area contributed by atoms with E-state index in [-0.39, 0.29) is 15.5 Å². The van der Waals surface area contributed by atoms with E-state index in [0.29, 0.717) is 30.2 Å². The number of carbonyl (C=O) groups excluding carboxylic acids is 1. The Kier molecular flexibility index (Phi) is 5.84. The molecule has 2 aromatic rings. The van der Waals surface area contributed by atoms with Gasteiger partial charge in [-0.15, -0.1) is 4.40 Å². The number of rotatable bonds is 4. The Bertz CT molecular complexity index is 1110. The summed E-state index contributed by atoms with van der Waals surface area (Å²) in [5, 5.41) is 3.02. The molecule has 0 unspecified atom stereocenters. The molecule has 30 heavy (non-hydrogen) atoms. The number of anilines is 2. The fourth-order valence-corrected chi connectivity index (χ4v) is 5.42. The molecule has 0 aliphatic carbocycles. The number of nitrogens with one attached hydrogen (secondary N) is 1. The number of amidine groups is 1. The Hall–Kier alpha value is -2.38. The lowest BCUT2D eigenvalue weighted by Crippen LogP contribution is -2.35. The van der Waals surface area contributed by atoms with E-state index < -0.39 is 15.9 Å². The monoisotopic (exact) mass is 445 g/mol.